The lowest BCUT2D eigenvalue weighted by molar-refractivity contribution is -0.135. The van der Waals surface area contributed by atoms with Gasteiger partial charge >= 0.3 is 0 Å². The van der Waals surface area contributed by atoms with Gasteiger partial charge in [-0.15, -0.1) is 0 Å². The van der Waals surface area contributed by atoms with Crippen LogP contribution in [0.5, 0.6) is 0 Å². The van der Waals surface area contributed by atoms with Crippen molar-refractivity contribution in [1.29, 1.82) is 0 Å². The number of amides is 1. The summed E-state index contributed by atoms with van der Waals surface area (Å²) in [6, 6.07) is 11.2. The highest BCUT2D eigenvalue weighted by molar-refractivity contribution is 5.86. The van der Waals surface area contributed by atoms with Crippen LogP contribution in [0.2, 0.25) is 0 Å². The number of likely N-dealkylation sites (tertiary alicyclic amines) is 1. The van der Waals surface area contributed by atoms with Crippen LogP contribution < -0.4 is 10.2 Å². The van der Waals surface area contributed by atoms with E-state index in [-0.39, 0.29) is 17.9 Å². The summed E-state index contributed by atoms with van der Waals surface area (Å²) in [5.41, 5.74) is 3.05. The minimum atomic E-state index is 0.00354. The van der Waals surface area contributed by atoms with Gasteiger partial charge in [0.1, 0.15) is 6.33 Å². The van der Waals surface area contributed by atoms with Crippen molar-refractivity contribution < 1.29 is 4.79 Å². The Morgan fingerprint density at radius 2 is 1.79 bits per heavy atom. The first-order chi connectivity index (χ1) is 19.0. The van der Waals surface area contributed by atoms with Gasteiger partial charge in [-0.3, -0.25) is 14.3 Å². The Bertz CT molecular complexity index is 1230. The predicted octanol–water partition coefficient (Wildman–Crippen LogP) is 4.57. The highest BCUT2D eigenvalue weighted by Gasteiger charge is 2.32. The van der Waals surface area contributed by atoms with Crippen molar-refractivity contribution in [3.8, 4) is 0 Å². The van der Waals surface area contributed by atoms with Crippen LogP contribution >= 0.6 is 0 Å². The number of nitrogens with zero attached hydrogens (tertiary/aromatic N) is 7. The monoisotopic (exact) mass is 532 g/mol. The number of benzene rings is 1. The van der Waals surface area contributed by atoms with Gasteiger partial charge in [-0.05, 0) is 58.9 Å². The van der Waals surface area contributed by atoms with Gasteiger partial charge < -0.3 is 15.1 Å². The van der Waals surface area contributed by atoms with Crippen molar-refractivity contribution in [2.75, 3.05) is 49.5 Å². The zero-order valence-corrected chi connectivity index (χ0v) is 24.0. The van der Waals surface area contributed by atoms with E-state index < -0.39 is 0 Å². The lowest BCUT2D eigenvalue weighted by Crippen LogP contribution is -2.45. The summed E-state index contributed by atoms with van der Waals surface area (Å²) in [5.74, 6) is 1.98. The predicted molar refractivity (Wildman–Crippen MR) is 157 cm³/mol. The fourth-order valence-corrected chi connectivity index (χ4v) is 6.13. The molecule has 0 bridgehead atoms. The number of carbonyl (C=O) groups is 1. The normalized spacial score (nSPS) is 19.1. The van der Waals surface area contributed by atoms with Crippen LogP contribution in [0.4, 0.5) is 11.8 Å². The standard InChI is InChI=1S/C30H44N8O/c1-5-36(6-2)29(39)24-13-10-16-37(20-24)30-34-26-27(31-21-32-28(26)38(30)22(3)4)33-25-14-17-35(18-15-25)19-23-11-8-7-9-12-23/h7-9,11-12,21-22,24-25H,5-6,10,13-20H2,1-4H3,(H,31,32,33). The van der Waals surface area contributed by atoms with Crippen LogP contribution in [-0.2, 0) is 11.3 Å². The van der Waals surface area contributed by atoms with Crippen molar-refractivity contribution in [2.24, 2.45) is 5.92 Å². The Hall–Kier alpha value is -3.20. The van der Waals surface area contributed by atoms with E-state index in [9.17, 15) is 4.79 Å². The molecule has 4 heterocycles. The second kappa shape index (κ2) is 12.3. The molecule has 1 amide bonds. The molecule has 0 spiro atoms. The number of hydrogen-bond donors (Lipinski definition) is 1. The summed E-state index contributed by atoms with van der Waals surface area (Å²) >= 11 is 0. The first-order valence-corrected chi connectivity index (χ1v) is 14.8. The topological polar surface area (TPSA) is 82.4 Å². The van der Waals surface area contributed by atoms with E-state index in [2.05, 4.69) is 87.7 Å². The fourth-order valence-electron chi connectivity index (χ4n) is 6.13. The highest BCUT2D eigenvalue weighted by Crippen LogP contribution is 2.32. The molecule has 2 saturated heterocycles. The molecule has 210 valence electrons. The van der Waals surface area contributed by atoms with Crippen LogP contribution in [0.25, 0.3) is 11.2 Å². The van der Waals surface area contributed by atoms with Crippen molar-refractivity contribution in [3.05, 3.63) is 42.2 Å². The van der Waals surface area contributed by atoms with E-state index in [4.69, 9.17) is 4.98 Å². The molecule has 9 nitrogen and oxygen atoms in total. The van der Waals surface area contributed by atoms with Crippen LogP contribution in [0.15, 0.2) is 36.7 Å². The maximum Gasteiger partial charge on any atom is 0.227 e. The molecule has 2 aliphatic heterocycles. The summed E-state index contributed by atoms with van der Waals surface area (Å²) in [7, 11) is 0. The summed E-state index contributed by atoms with van der Waals surface area (Å²) in [5, 5.41) is 3.71. The van der Waals surface area contributed by atoms with Crippen molar-refractivity contribution in [2.45, 2.75) is 72.0 Å². The van der Waals surface area contributed by atoms with Crippen molar-refractivity contribution in [1.82, 2.24) is 29.3 Å². The summed E-state index contributed by atoms with van der Waals surface area (Å²) in [4.78, 5) is 34.4. The molecule has 1 atom stereocenters. The second-order valence-electron chi connectivity index (χ2n) is 11.2. The third-order valence-corrected chi connectivity index (χ3v) is 8.28. The minimum Gasteiger partial charge on any atom is -0.365 e. The zero-order chi connectivity index (χ0) is 27.4. The maximum atomic E-state index is 13.2. The van der Waals surface area contributed by atoms with E-state index in [1.165, 1.54) is 5.56 Å². The molecule has 1 unspecified atom stereocenters. The number of imidazole rings is 1. The van der Waals surface area contributed by atoms with Crippen molar-refractivity contribution in [3.63, 3.8) is 0 Å². The molecule has 5 rings (SSSR count). The van der Waals surface area contributed by atoms with Crippen LogP contribution in [0.1, 0.15) is 65.0 Å². The molecular formula is C30H44N8O. The van der Waals surface area contributed by atoms with Crippen LogP contribution in [0, 0.1) is 5.92 Å². The molecule has 1 N–H and O–H groups in total. The second-order valence-corrected chi connectivity index (χ2v) is 11.2. The molecular weight excluding hydrogens is 488 g/mol. The molecule has 0 radical (unpaired) electrons. The number of fused-ring (bicyclic) bond motifs is 1. The number of anilines is 2. The van der Waals surface area contributed by atoms with Gasteiger partial charge in [0.2, 0.25) is 11.9 Å². The third-order valence-electron chi connectivity index (χ3n) is 8.28. The van der Waals surface area contributed by atoms with E-state index in [0.29, 0.717) is 12.6 Å². The molecule has 39 heavy (non-hydrogen) atoms. The molecule has 9 heteroatoms. The molecule has 2 aliphatic rings. The van der Waals surface area contributed by atoms with Gasteiger partial charge in [0.15, 0.2) is 17.0 Å². The summed E-state index contributed by atoms with van der Waals surface area (Å²) in [6.07, 6.45) is 5.71. The Morgan fingerprint density at radius 1 is 1.05 bits per heavy atom. The molecule has 3 aromatic rings. The molecule has 0 aliphatic carbocycles. The smallest absolute Gasteiger partial charge is 0.227 e. The summed E-state index contributed by atoms with van der Waals surface area (Å²) < 4.78 is 2.22. The third kappa shape index (κ3) is 6.03. The molecule has 2 aromatic heterocycles. The Kier molecular flexibility index (Phi) is 8.65. The minimum absolute atomic E-state index is 0.00354. The lowest BCUT2D eigenvalue weighted by Gasteiger charge is -2.35. The fraction of sp³-hybridized carbons (Fsp3) is 0.600. The molecule has 1 aromatic carbocycles. The number of aromatic nitrogens is 4. The van der Waals surface area contributed by atoms with E-state index in [0.717, 1.165) is 87.9 Å². The highest BCUT2D eigenvalue weighted by atomic mass is 16.2. The number of carbonyl (C=O) groups excluding carboxylic acids is 1. The van der Waals surface area contributed by atoms with Gasteiger partial charge in [-0.2, -0.15) is 0 Å². The largest absolute Gasteiger partial charge is 0.365 e. The van der Waals surface area contributed by atoms with Gasteiger partial charge in [-0.25, -0.2) is 15.0 Å². The van der Waals surface area contributed by atoms with Gasteiger partial charge in [-0.1, -0.05) is 30.3 Å². The van der Waals surface area contributed by atoms with E-state index >= 15 is 0 Å². The van der Waals surface area contributed by atoms with Crippen LogP contribution in [-0.4, -0.2) is 80.5 Å². The van der Waals surface area contributed by atoms with E-state index in [1.807, 2.05) is 4.90 Å². The number of rotatable bonds is 9. The quantitative estimate of drug-likeness (QED) is 0.432. The van der Waals surface area contributed by atoms with Crippen LogP contribution in [0.3, 0.4) is 0 Å². The Labute approximate surface area is 232 Å². The van der Waals surface area contributed by atoms with Gasteiger partial charge in [0.25, 0.3) is 0 Å². The van der Waals surface area contributed by atoms with Gasteiger partial charge in [0, 0.05) is 57.9 Å². The lowest BCUT2D eigenvalue weighted by atomic mass is 9.96. The Balaban J connectivity index is 1.32. The number of piperidine rings is 2. The molecule has 0 saturated carbocycles. The van der Waals surface area contributed by atoms with Gasteiger partial charge in [0.05, 0.1) is 5.92 Å². The molecule has 2 fully saturated rings. The maximum absolute atomic E-state index is 13.2. The zero-order valence-electron chi connectivity index (χ0n) is 24.0. The number of hydrogen-bond acceptors (Lipinski definition) is 7. The number of nitrogens with one attached hydrogen (secondary N) is 1. The SMILES string of the molecule is CCN(CC)C(=O)C1CCCN(c2nc3c(NC4CCN(Cc5ccccc5)CC4)ncnc3n2C(C)C)C1. The first kappa shape index (κ1) is 27.4. The summed E-state index contributed by atoms with van der Waals surface area (Å²) in [6.45, 7) is 14.7. The Morgan fingerprint density at radius 3 is 2.49 bits per heavy atom. The van der Waals surface area contributed by atoms with Crippen molar-refractivity contribution >= 4 is 28.8 Å². The first-order valence-electron chi connectivity index (χ1n) is 14.8. The van der Waals surface area contributed by atoms with E-state index in [1.54, 1.807) is 6.33 Å². The average molecular weight is 533 g/mol. The average Bonchev–Trinajstić information content (AvgIpc) is 3.36.